The predicted molar refractivity (Wildman–Crippen MR) is 197 cm³/mol. The summed E-state index contributed by atoms with van der Waals surface area (Å²) in [5.74, 6) is -0.568. The summed E-state index contributed by atoms with van der Waals surface area (Å²) in [7, 11) is -9.38. The monoisotopic (exact) mass is 910 g/mol. The second-order valence-corrected chi connectivity index (χ2v) is 14.2. The van der Waals surface area contributed by atoms with E-state index in [0.717, 1.165) is 24.3 Å². The number of fused-ring (bicyclic) bond motifs is 2. The molecule has 276 valence electrons. The number of hydrogen-bond acceptors (Lipinski definition) is 16. The second kappa shape index (κ2) is 17.1. The molecule has 18 nitrogen and oxygen atoms in total. The van der Waals surface area contributed by atoms with Crippen molar-refractivity contribution >= 4 is 125 Å². The van der Waals surface area contributed by atoms with Gasteiger partial charge in [0.25, 0.3) is 11.4 Å². The summed E-state index contributed by atoms with van der Waals surface area (Å²) in [5.41, 5.74) is 0.895. The van der Waals surface area contributed by atoms with Crippen molar-refractivity contribution in [2.24, 2.45) is 20.5 Å². The summed E-state index contributed by atoms with van der Waals surface area (Å²) >= 11 is 0. The SMILES string of the molecule is Cc1ccc(N=Nc2c(O)ccc3ccc(S(=O)(=O)[O-])cc23)cc1[N+](=O)[O-].Cc1ccc(N=Nc2c(O)ccc3ccc(S(=O)(=O)[O-])cc23)cc1[N+](=O)[O-].[Ba+2]. The summed E-state index contributed by atoms with van der Waals surface area (Å²) in [5, 5.41) is 59.3. The molecule has 0 aliphatic rings. The van der Waals surface area contributed by atoms with Crippen LogP contribution in [-0.2, 0) is 20.2 Å². The molecule has 0 amide bonds. The third-order valence-electron chi connectivity index (χ3n) is 7.77. The topological polar surface area (TPSA) is 291 Å². The van der Waals surface area contributed by atoms with Gasteiger partial charge in [-0.25, -0.2) is 16.8 Å². The molecular weight excluding hydrogens is 886 g/mol. The zero-order valence-corrected chi connectivity index (χ0v) is 34.5. The average molecular weight is 910 g/mol. The Kier molecular flexibility index (Phi) is 13.2. The van der Waals surface area contributed by atoms with Crippen molar-refractivity contribution in [3.8, 4) is 11.5 Å². The Morgan fingerprint density at radius 1 is 0.527 bits per heavy atom. The number of rotatable bonds is 8. The fraction of sp³-hybridized carbons (Fsp3) is 0.0588. The van der Waals surface area contributed by atoms with Crippen LogP contribution in [0.3, 0.4) is 0 Å². The first kappa shape index (κ1) is 42.6. The molecule has 55 heavy (non-hydrogen) atoms. The maximum atomic E-state index is 11.2. The first-order valence-electron chi connectivity index (χ1n) is 15.1. The molecule has 6 aromatic carbocycles. The van der Waals surface area contributed by atoms with Crippen LogP contribution in [0.4, 0.5) is 34.1 Å². The van der Waals surface area contributed by atoms with Crippen molar-refractivity contribution < 1.29 is 46.0 Å². The molecule has 0 saturated carbocycles. The molecule has 0 aliphatic carbocycles. The van der Waals surface area contributed by atoms with Crippen molar-refractivity contribution in [2.45, 2.75) is 23.6 Å². The molecule has 2 N–H and O–H groups in total. The second-order valence-electron chi connectivity index (χ2n) is 11.4. The van der Waals surface area contributed by atoms with E-state index in [9.17, 15) is 56.4 Å². The van der Waals surface area contributed by atoms with E-state index >= 15 is 0 Å². The van der Waals surface area contributed by atoms with E-state index in [2.05, 4.69) is 20.5 Å². The number of phenolic OH excluding ortho intramolecular Hbond substituents is 2. The van der Waals surface area contributed by atoms with E-state index in [1.807, 2.05) is 0 Å². The Labute approximate surface area is 351 Å². The molecule has 0 aliphatic heterocycles. The van der Waals surface area contributed by atoms with Gasteiger partial charge < -0.3 is 19.3 Å². The number of nitro groups is 2. The van der Waals surface area contributed by atoms with Crippen LogP contribution in [0.5, 0.6) is 11.5 Å². The molecule has 0 heterocycles. The standard InChI is InChI=1S/2C17H13N3O6S.Ba/c2*1-10-2-5-12(8-15(10)20(22)23)18-19-17-14-9-13(27(24,25)26)6-3-11(14)4-7-16(17)21;/h2*2-9,21H,1H3,(H,24,25,26);/q;;+2/p-2. The minimum atomic E-state index is -4.69. The fourth-order valence-corrected chi connectivity index (χ4v) is 5.99. The van der Waals surface area contributed by atoms with E-state index in [0.29, 0.717) is 21.9 Å². The van der Waals surface area contributed by atoms with Gasteiger partial charge in [-0.05, 0) is 73.2 Å². The van der Waals surface area contributed by atoms with Gasteiger partial charge in [0.2, 0.25) is 0 Å². The van der Waals surface area contributed by atoms with Crippen molar-refractivity contribution in [2.75, 3.05) is 0 Å². The molecule has 0 atom stereocenters. The molecule has 0 saturated heterocycles. The van der Waals surface area contributed by atoms with Crippen LogP contribution in [0.1, 0.15) is 11.1 Å². The molecular formula is C34H24BaN6O12S2. The molecule has 21 heteroatoms. The molecule has 0 spiro atoms. The van der Waals surface area contributed by atoms with E-state index in [4.69, 9.17) is 0 Å². The van der Waals surface area contributed by atoms with Crippen LogP contribution in [0.15, 0.2) is 127 Å². The summed E-state index contributed by atoms with van der Waals surface area (Å²) in [6.45, 7) is 3.17. The molecule has 0 aromatic heterocycles. The molecule has 6 aromatic rings. The Morgan fingerprint density at radius 2 is 0.873 bits per heavy atom. The molecule has 0 radical (unpaired) electrons. The summed E-state index contributed by atoms with van der Waals surface area (Å²) in [4.78, 5) is 20.0. The van der Waals surface area contributed by atoms with Crippen molar-refractivity contribution in [1.82, 2.24) is 0 Å². The minimum absolute atomic E-state index is 0. The van der Waals surface area contributed by atoms with Crippen molar-refractivity contribution in [3.63, 3.8) is 0 Å². The zero-order chi connectivity index (χ0) is 39.5. The largest absolute Gasteiger partial charge is 2.00 e. The normalized spacial score (nSPS) is 11.7. The Hall–Kier alpha value is -5.17. The predicted octanol–water partition coefficient (Wildman–Crippen LogP) is 7.78. The number of azo groups is 2. The summed E-state index contributed by atoms with van der Waals surface area (Å²) in [6, 6.07) is 21.6. The number of aromatic hydroxyl groups is 2. The number of aryl methyl sites for hydroxylation is 2. The van der Waals surface area contributed by atoms with Crippen molar-refractivity contribution in [3.05, 3.63) is 128 Å². The van der Waals surface area contributed by atoms with Crippen LogP contribution < -0.4 is 0 Å². The summed E-state index contributed by atoms with van der Waals surface area (Å²) < 4.78 is 67.5. The minimum Gasteiger partial charge on any atom is -0.744 e. The fourth-order valence-electron chi connectivity index (χ4n) is 4.99. The van der Waals surface area contributed by atoms with Gasteiger partial charge in [0.1, 0.15) is 43.1 Å². The smallest absolute Gasteiger partial charge is 0.744 e. The third kappa shape index (κ3) is 10.1. The third-order valence-corrected chi connectivity index (χ3v) is 9.44. The quantitative estimate of drug-likeness (QED) is 0.0486. The van der Waals surface area contributed by atoms with E-state index in [-0.39, 0.29) is 105 Å². The van der Waals surface area contributed by atoms with Gasteiger partial charge in [0, 0.05) is 34.0 Å². The van der Waals surface area contributed by atoms with Gasteiger partial charge in [-0.2, -0.15) is 10.2 Å². The van der Waals surface area contributed by atoms with Gasteiger partial charge in [-0.3, -0.25) is 20.2 Å². The van der Waals surface area contributed by atoms with Gasteiger partial charge in [0.05, 0.1) is 31.0 Å². The molecule has 0 bridgehead atoms. The van der Waals surface area contributed by atoms with E-state index in [1.165, 1.54) is 72.8 Å². The number of phenols is 2. The first-order valence-corrected chi connectivity index (χ1v) is 17.9. The van der Waals surface area contributed by atoms with Crippen LogP contribution >= 0.6 is 0 Å². The van der Waals surface area contributed by atoms with Crippen LogP contribution in [0, 0.1) is 34.1 Å². The Balaban J connectivity index is 0.000000240. The number of nitrogens with zero attached hydrogens (tertiary/aromatic N) is 6. The van der Waals surface area contributed by atoms with Gasteiger partial charge >= 0.3 is 48.9 Å². The van der Waals surface area contributed by atoms with E-state index < -0.39 is 39.9 Å². The zero-order valence-electron chi connectivity index (χ0n) is 28.4. The maximum Gasteiger partial charge on any atom is 2.00 e. The Morgan fingerprint density at radius 3 is 1.20 bits per heavy atom. The van der Waals surface area contributed by atoms with Gasteiger partial charge in [-0.1, -0.05) is 36.4 Å². The van der Waals surface area contributed by atoms with Crippen molar-refractivity contribution in [1.29, 1.82) is 0 Å². The summed E-state index contributed by atoms with van der Waals surface area (Å²) in [6.07, 6.45) is 0. The molecule has 0 fully saturated rings. The number of nitro benzene ring substituents is 2. The van der Waals surface area contributed by atoms with Crippen LogP contribution in [-0.4, -0.2) is 94.9 Å². The van der Waals surface area contributed by atoms with Gasteiger partial charge in [-0.15, -0.1) is 10.2 Å². The molecule has 0 unspecified atom stereocenters. The number of hydrogen-bond donors (Lipinski definition) is 2. The van der Waals surface area contributed by atoms with E-state index in [1.54, 1.807) is 13.8 Å². The van der Waals surface area contributed by atoms with Gasteiger partial charge in [0.15, 0.2) is 0 Å². The first-order chi connectivity index (χ1) is 25.3. The van der Waals surface area contributed by atoms with Crippen LogP contribution in [0.2, 0.25) is 0 Å². The molecule has 6 rings (SSSR count). The Bertz CT molecular complexity index is 2610. The maximum absolute atomic E-state index is 11.2. The average Bonchev–Trinajstić information content (AvgIpc) is 3.10. The van der Waals surface area contributed by atoms with Crippen LogP contribution in [0.25, 0.3) is 21.5 Å². The number of benzene rings is 6.